The Hall–Kier alpha value is -2.53. The zero-order chi connectivity index (χ0) is 15.8. The molecule has 0 amide bonds. The number of rotatable bonds is 6. The van der Waals surface area contributed by atoms with Crippen LogP contribution in [0.2, 0.25) is 0 Å². The number of nitrogens with two attached hydrogens (primary N) is 2. The van der Waals surface area contributed by atoms with Crippen LogP contribution in [-0.2, 0) is 4.74 Å². The monoisotopic (exact) mass is 287 g/mol. The van der Waals surface area contributed by atoms with Gasteiger partial charge >= 0.3 is 0 Å². The summed E-state index contributed by atoms with van der Waals surface area (Å²) in [4.78, 5) is 3.89. The van der Waals surface area contributed by atoms with Crippen molar-refractivity contribution in [2.75, 3.05) is 0 Å². The molecule has 0 saturated heterocycles. The number of aliphatic imine (C=N–C) groups is 1. The maximum absolute atomic E-state index is 9.97. The van der Waals surface area contributed by atoms with Crippen LogP contribution in [0.5, 0.6) is 0 Å². The van der Waals surface area contributed by atoms with Gasteiger partial charge in [0.15, 0.2) is 5.96 Å². The average Bonchev–Trinajstić information content (AvgIpc) is 2.44. The van der Waals surface area contributed by atoms with Crippen molar-refractivity contribution in [2.24, 2.45) is 16.5 Å². The Kier molecular flexibility index (Phi) is 6.23. The molecule has 0 aromatic heterocycles. The molecule has 0 fully saturated rings. The molecule has 0 saturated carbocycles. The van der Waals surface area contributed by atoms with Crippen molar-refractivity contribution < 1.29 is 9.84 Å². The molecule has 1 rings (SSSR count). The fraction of sp³-hybridized carbons (Fsp3) is 0.188. The number of aliphatic hydroxyl groups is 1. The minimum absolute atomic E-state index is 0.0163. The molecule has 1 aromatic carbocycles. The average molecular weight is 287 g/mol. The van der Waals surface area contributed by atoms with Crippen LogP contribution in [0.25, 0.3) is 0 Å². The van der Waals surface area contributed by atoms with Crippen LogP contribution in [0.1, 0.15) is 25.7 Å². The zero-order valence-electron chi connectivity index (χ0n) is 12.3. The standard InChI is InChI=1S/C16H21N3O2/c1-4-11(2)5-6-12(3)21-15(20)13-7-9-14(10-8-13)19-16(17)18/h4-10,15,20H,3H2,1-2H3,(H4,17,18,19)/b6-5-,11-4-. The Bertz CT molecular complexity index is 568. The molecule has 5 N–H and O–H groups in total. The Labute approximate surface area is 124 Å². The van der Waals surface area contributed by atoms with Crippen molar-refractivity contribution >= 4 is 11.6 Å². The first-order valence-electron chi connectivity index (χ1n) is 6.46. The van der Waals surface area contributed by atoms with Crippen LogP contribution in [-0.4, -0.2) is 11.1 Å². The van der Waals surface area contributed by atoms with Crippen molar-refractivity contribution in [2.45, 2.75) is 20.1 Å². The quantitative estimate of drug-likeness (QED) is 0.246. The summed E-state index contributed by atoms with van der Waals surface area (Å²) in [5.74, 6) is 0.356. The van der Waals surface area contributed by atoms with E-state index >= 15 is 0 Å². The first-order valence-corrected chi connectivity index (χ1v) is 6.46. The first kappa shape index (κ1) is 16.5. The van der Waals surface area contributed by atoms with Crippen LogP contribution in [0.15, 0.2) is 65.4 Å². The van der Waals surface area contributed by atoms with Crippen molar-refractivity contribution in [1.29, 1.82) is 0 Å². The van der Waals surface area contributed by atoms with Gasteiger partial charge in [-0.3, -0.25) is 0 Å². The van der Waals surface area contributed by atoms with E-state index in [1.165, 1.54) is 0 Å². The van der Waals surface area contributed by atoms with Crippen LogP contribution in [0, 0.1) is 0 Å². The molecular weight excluding hydrogens is 266 g/mol. The Morgan fingerprint density at radius 3 is 2.43 bits per heavy atom. The maximum atomic E-state index is 9.97. The molecule has 0 radical (unpaired) electrons. The lowest BCUT2D eigenvalue weighted by atomic mass is 10.2. The van der Waals surface area contributed by atoms with Gasteiger partial charge in [-0.1, -0.05) is 36.4 Å². The summed E-state index contributed by atoms with van der Waals surface area (Å²) in [6.45, 7) is 7.63. The van der Waals surface area contributed by atoms with Crippen molar-refractivity contribution in [3.05, 3.63) is 66.0 Å². The molecule has 0 heterocycles. The second-order valence-corrected chi connectivity index (χ2v) is 4.43. The first-order chi connectivity index (χ1) is 9.92. The summed E-state index contributed by atoms with van der Waals surface area (Å²) in [6.07, 6.45) is 4.42. The topological polar surface area (TPSA) is 93.9 Å². The highest BCUT2D eigenvalue weighted by Gasteiger charge is 2.08. The van der Waals surface area contributed by atoms with E-state index in [0.29, 0.717) is 17.0 Å². The van der Waals surface area contributed by atoms with Crippen LogP contribution in [0.4, 0.5) is 5.69 Å². The molecule has 0 aliphatic carbocycles. The molecule has 5 nitrogen and oxygen atoms in total. The van der Waals surface area contributed by atoms with Gasteiger partial charge < -0.3 is 21.3 Å². The van der Waals surface area contributed by atoms with Crippen molar-refractivity contribution in [1.82, 2.24) is 0 Å². The van der Waals surface area contributed by atoms with Crippen LogP contribution >= 0.6 is 0 Å². The van der Waals surface area contributed by atoms with Crippen molar-refractivity contribution in [3.63, 3.8) is 0 Å². The summed E-state index contributed by atoms with van der Waals surface area (Å²) in [6, 6.07) is 6.73. The van der Waals surface area contributed by atoms with Gasteiger partial charge in [0.05, 0.1) is 5.69 Å². The third kappa shape index (κ3) is 5.97. The largest absolute Gasteiger partial charge is 0.461 e. The van der Waals surface area contributed by atoms with E-state index in [-0.39, 0.29) is 5.96 Å². The van der Waals surface area contributed by atoms with E-state index in [0.717, 1.165) is 5.57 Å². The third-order valence-electron chi connectivity index (χ3n) is 2.69. The van der Waals surface area contributed by atoms with E-state index < -0.39 is 6.29 Å². The number of benzene rings is 1. The predicted molar refractivity (Wildman–Crippen MR) is 85.7 cm³/mol. The molecule has 1 aromatic rings. The molecule has 5 heteroatoms. The van der Waals surface area contributed by atoms with Crippen LogP contribution in [0.3, 0.4) is 0 Å². The summed E-state index contributed by atoms with van der Waals surface area (Å²) in [5.41, 5.74) is 12.8. The summed E-state index contributed by atoms with van der Waals surface area (Å²) >= 11 is 0. The smallest absolute Gasteiger partial charge is 0.224 e. The fourth-order valence-electron chi connectivity index (χ4n) is 1.43. The number of guanidine groups is 1. The normalized spacial score (nSPS) is 13.0. The molecule has 0 aliphatic heterocycles. The van der Waals surface area contributed by atoms with Gasteiger partial charge in [-0.25, -0.2) is 4.99 Å². The molecule has 0 spiro atoms. The summed E-state index contributed by atoms with van der Waals surface area (Å²) in [5, 5.41) is 9.97. The molecule has 0 bridgehead atoms. The molecule has 0 aliphatic rings. The lowest BCUT2D eigenvalue weighted by Crippen LogP contribution is -2.21. The van der Waals surface area contributed by atoms with Gasteiger partial charge in [0.25, 0.3) is 0 Å². The maximum Gasteiger partial charge on any atom is 0.224 e. The minimum atomic E-state index is -1.10. The minimum Gasteiger partial charge on any atom is -0.461 e. The van der Waals surface area contributed by atoms with Crippen LogP contribution < -0.4 is 11.5 Å². The molecular formula is C16H21N3O2. The Balaban J connectivity index is 2.67. The molecule has 112 valence electrons. The lowest BCUT2D eigenvalue weighted by Gasteiger charge is -2.13. The predicted octanol–water partition coefficient (Wildman–Crippen LogP) is 2.64. The van der Waals surface area contributed by atoms with E-state index in [1.54, 1.807) is 30.3 Å². The fourth-order valence-corrected chi connectivity index (χ4v) is 1.43. The highest BCUT2D eigenvalue weighted by molar-refractivity contribution is 5.78. The third-order valence-corrected chi connectivity index (χ3v) is 2.69. The number of nitrogens with zero attached hydrogens (tertiary/aromatic N) is 1. The number of allylic oxidation sites excluding steroid dienone is 4. The van der Waals surface area contributed by atoms with E-state index in [9.17, 15) is 5.11 Å². The number of hydrogen-bond acceptors (Lipinski definition) is 3. The second-order valence-electron chi connectivity index (χ2n) is 4.43. The van der Waals surface area contributed by atoms with E-state index in [4.69, 9.17) is 16.2 Å². The van der Waals surface area contributed by atoms with Gasteiger partial charge in [0, 0.05) is 5.56 Å². The Morgan fingerprint density at radius 2 is 1.90 bits per heavy atom. The van der Waals surface area contributed by atoms with E-state index in [1.807, 2.05) is 26.0 Å². The number of aliphatic hydroxyl groups excluding tert-OH is 1. The van der Waals surface area contributed by atoms with Gasteiger partial charge in [-0.15, -0.1) is 0 Å². The molecule has 1 atom stereocenters. The van der Waals surface area contributed by atoms with Gasteiger partial charge in [0.2, 0.25) is 6.29 Å². The lowest BCUT2D eigenvalue weighted by molar-refractivity contribution is -0.0631. The van der Waals surface area contributed by atoms with Gasteiger partial charge in [0.1, 0.15) is 5.76 Å². The zero-order valence-corrected chi connectivity index (χ0v) is 12.3. The Morgan fingerprint density at radius 1 is 1.29 bits per heavy atom. The van der Waals surface area contributed by atoms with Gasteiger partial charge in [-0.2, -0.15) is 0 Å². The summed E-state index contributed by atoms with van der Waals surface area (Å²) in [7, 11) is 0. The molecule has 21 heavy (non-hydrogen) atoms. The number of hydrogen-bond donors (Lipinski definition) is 3. The highest BCUT2D eigenvalue weighted by atomic mass is 16.6. The summed E-state index contributed by atoms with van der Waals surface area (Å²) < 4.78 is 5.31. The van der Waals surface area contributed by atoms with E-state index in [2.05, 4.69) is 11.6 Å². The van der Waals surface area contributed by atoms with Crippen molar-refractivity contribution in [3.8, 4) is 0 Å². The van der Waals surface area contributed by atoms with Gasteiger partial charge in [-0.05, 0) is 32.1 Å². The molecule has 1 unspecified atom stereocenters. The SMILES string of the molecule is C=C(/C=C\C(C)=C/C)OC(O)c1ccc(N=C(N)N)cc1. The second kappa shape index (κ2) is 7.91. The number of ether oxygens (including phenoxy) is 1. The highest BCUT2D eigenvalue weighted by Crippen LogP contribution is 2.21.